The zero-order valence-corrected chi connectivity index (χ0v) is 25.9. The van der Waals surface area contributed by atoms with Crippen molar-refractivity contribution < 1.29 is 5.11 Å². The first kappa shape index (κ1) is 28.5. The summed E-state index contributed by atoms with van der Waals surface area (Å²) in [6.07, 6.45) is 1.98. The fraction of sp³-hybridized carbons (Fsp3) is 0.314. The van der Waals surface area contributed by atoms with E-state index in [-0.39, 0.29) is 10.6 Å². The quantitative estimate of drug-likeness (QED) is 0.222. The third-order valence-electron chi connectivity index (χ3n) is 7.69. The SMILES string of the molecule is CCC(C)(Pc1c(C)cccc1CP(c1ccccc1)c1ccccc1)c1cc(C(C)(C)C)cc(C)c1O. The minimum absolute atomic E-state index is 0.0278. The lowest BCUT2D eigenvalue weighted by atomic mass is 9.82. The third-order valence-corrected chi connectivity index (χ3v) is 12.3. The molecule has 1 nitrogen and oxygen atoms in total. The molecule has 38 heavy (non-hydrogen) atoms. The molecule has 0 amide bonds. The summed E-state index contributed by atoms with van der Waals surface area (Å²) in [6, 6.07) is 33.2. The number of rotatable bonds is 8. The largest absolute Gasteiger partial charge is 0.507 e. The van der Waals surface area contributed by atoms with Gasteiger partial charge in [0, 0.05) is 16.9 Å². The highest BCUT2D eigenvalue weighted by atomic mass is 31.1. The van der Waals surface area contributed by atoms with E-state index >= 15 is 0 Å². The van der Waals surface area contributed by atoms with Gasteiger partial charge in [0.2, 0.25) is 0 Å². The monoisotopic (exact) mass is 540 g/mol. The second-order valence-corrected chi connectivity index (χ2v) is 15.7. The van der Waals surface area contributed by atoms with E-state index in [0.29, 0.717) is 14.3 Å². The van der Waals surface area contributed by atoms with Crippen molar-refractivity contribution in [2.45, 2.75) is 71.6 Å². The van der Waals surface area contributed by atoms with E-state index in [9.17, 15) is 5.11 Å². The minimum atomic E-state index is -0.533. The molecule has 2 unspecified atom stereocenters. The Hall–Kier alpha value is -2.46. The Labute approximate surface area is 233 Å². The smallest absolute Gasteiger partial charge is 0.122 e. The fourth-order valence-corrected chi connectivity index (χ4v) is 9.16. The van der Waals surface area contributed by atoms with Crippen LogP contribution in [0.25, 0.3) is 0 Å². The topological polar surface area (TPSA) is 20.2 Å². The Morgan fingerprint density at radius 3 is 1.84 bits per heavy atom. The van der Waals surface area contributed by atoms with Crippen LogP contribution in [0.4, 0.5) is 0 Å². The number of hydrogen-bond donors (Lipinski definition) is 1. The predicted octanol–water partition coefficient (Wildman–Crippen LogP) is 8.57. The van der Waals surface area contributed by atoms with Gasteiger partial charge in [-0.05, 0) is 71.8 Å². The average Bonchev–Trinajstić information content (AvgIpc) is 2.90. The molecular weight excluding hydrogens is 498 g/mol. The van der Waals surface area contributed by atoms with Crippen LogP contribution in [0.1, 0.15) is 68.9 Å². The van der Waals surface area contributed by atoms with Gasteiger partial charge in [0.15, 0.2) is 0 Å². The van der Waals surface area contributed by atoms with E-state index < -0.39 is 7.92 Å². The molecule has 4 aromatic rings. The molecule has 0 aliphatic rings. The highest BCUT2D eigenvalue weighted by molar-refractivity contribution is 7.72. The van der Waals surface area contributed by atoms with Crippen LogP contribution in [-0.4, -0.2) is 5.11 Å². The second-order valence-electron chi connectivity index (χ2n) is 11.6. The maximum absolute atomic E-state index is 11.3. The van der Waals surface area contributed by atoms with Crippen molar-refractivity contribution in [1.29, 1.82) is 0 Å². The Morgan fingerprint density at radius 2 is 1.32 bits per heavy atom. The van der Waals surface area contributed by atoms with Crippen LogP contribution in [0, 0.1) is 13.8 Å². The van der Waals surface area contributed by atoms with Crippen molar-refractivity contribution in [3.05, 3.63) is 119 Å². The summed E-state index contributed by atoms with van der Waals surface area (Å²) in [4.78, 5) is 0. The summed E-state index contributed by atoms with van der Waals surface area (Å²) in [5.74, 6) is 0.459. The zero-order valence-electron chi connectivity index (χ0n) is 24.0. The molecule has 4 rings (SSSR count). The van der Waals surface area contributed by atoms with Crippen molar-refractivity contribution in [3.63, 3.8) is 0 Å². The van der Waals surface area contributed by atoms with Gasteiger partial charge in [-0.1, -0.05) is 134 Å². The Kier molecular flexibility index (Phi) is 8.82. The first-order chi connectivity index (χ1) is 18.0. The van der Waals surface area contributed by atoms with Gasteiger partial charge in [0.25, 0.3) is 0 Å². The van der Waals surface area contributed by atoms with Crippen LogP contribution in [0.5, 0.6) is 5.75 Å². The Bertz CT molecular complexity index is 1330. The fourth-order valence-electron chi connectivity index (χ4n) is 5.01. The van der Waals surface area contributed by atoms with Crippen molar-refractivity contribution in [2.75, 3.05) is 0 Å². The van der Waals surface area contributed by atoms with Gasteiger partial charge in [0.1, 0.15) is 5.75 Å². The lowest BCUT2D eigenvalue weighted by Gasteiger charge is -2.34. The minimum Gasteiger partial charge on any atom is -0.507 e. The first-order valence-electron chi connectivity index (χ1n) is 13.6. The molecule has 3 heteroatoms. The molecule has 198 valence electrons. The van der Waals surface area contributed by atoms with Crippen LogP contribution in [0.3, 0.4) is 0 Å². The lowest BCUT2D eigenvalue weighted by Crippen LogP contribution is -2.24. The molecule has 0 radical (unpaired) electrons. The molecule has 2 atom stereocenters. The van der Waals surface area contributed by atoms with E-state index in [1.54, 1.807) is 0 Å². The van der Waals surface area contributed by atoms with Crippen LogP contribution < -0.4 is 15.9 Å². The molecule has 0 aromatic heterocycles. The van der Waals surface area contributed by atoms with Gasteiger partial charge in [0.05, 0.1) is 0 Å². The zero-order chi connectivity index (χ0) is 27.5. The van der Waals surface area contributed by atoms with Crippen molar-refractivity contribution in [2.24, 2.45) is 0 Å². The highest BCUT2D eigenvalue weighted by Crippen LogP contribution is 2.50. The Balaban J connectivity index is 1.79. The van der Waals surface area contributed by atoms with Crippen LogP contribution >= 0.6 is 16.5 Å². The highest BCUT2D eigenvalue weighted by Gasteiger charge is 2.32. The molecule has 0 aliphatic carbocycles. The molecule has 4 aromatic carbocycles. The van der Waals surface area contributed by atoms with Crippen LogP contribution in [0.2, 0.25) is 0 Å². The number of aryl methyl sites for hydroxylation is 2. The lowest BCUT2D eigenvalue weighted by molar-refractivity contribution is 0.450. The molecule has 1 N–H and O–H groups in total. The average molecular weight is 541 g/mol. The summed E-state index contributed by atoms with van der Waals surface area (Å²) in [6.45, 7) is 15.7. The van der Waals surface area contributed by atoms with Gasteiger partial charge in [-0.2, -0.15) is 0 Å². The van der Waals surface area contributed by atoms with Gasteiger partial charge < -0.3 is 5.11 Å². The molecule has 0 fully saturated rings. The van der Waals surface area contributed by atoms with Gasteiger partial charge >= 0.3 is 0 Å². The summed E-state index contributed by atoms with van der Waals surface area (Å²) >= 11 is 0. The third kappa shape index (κ3) is 6.22. The maximum Gasteiger partial charge on any atom is 0.122 e. The summed E-state index contributed by atoms with van der Waals surface area (Å²) in [7, 11) is 0.0287. The maximum atomic E-state index is 11.3. The van der Waals surface area contributed by atoms with Crippen molar-refractivity contribution in [1.82, 2.24) is 0 Å². The standard InChI is InChI=1S/C35H42OP2/c1-8-35(7,31-23-28(34(4,5)6)22-26(3)32(31)36)37-33-25(2)16-15-17-27(33)24-38(29-18-11-9-12-19-29)30-20-13-10-14-21-30/h9-23,36-37H,8,24H2,1-7H3. The molecule has 0 saturated heterocycles. The van der Waals surface area contributed by atoms with E-state index in [0.717, 1.165) is 23.7 Å². The number of benzene rings is 4. The number of hydrogen-bond acceptors (Lipinski definition) is 1. The van der Waals surface area contributed by atoms with E-state index in [1.165, 1.54) is 32.6 Å². The van der Waals surface area contributed by atoms with Crippen LogP contribution in [0.15, 0.2) is 91.0 Å². The van der Waals surface area contributed by atoms with Crippen molar-refractivity contribution in [3.8, 4) is 5.75 Å². The molecule has 0 saturated carbocycles. The number of phenols is 1. The first-order valence-corrected chi connectivity index (χ1v) is 16.1. The van der Waals surface area contributed by atoms with Gasteiger partial charge in [-0.15, -0.1) is 0 Å². The molecule has 0 bridgehead atoms. The van der Waals surface area contributed by atoms with Gasteiger partial charge in [-0.25, -0.2) is 0 Å². The van der Waals surface area contributed by atoms with Crippen molar-refractivity contribution >= 4 is 32.4 Å². The Morgan fingerprint density at radius 1 is 0.737 bits per heavy atom. The number of phenolic OH excluding ortho intramolecular Hbond substituents is 1. The van der Waals surface area contributed by atoms with Crippen LogP contribution in [-0.2, 0) is 16.7 Å². The van der Waals surface area contributed by atoms with E-state index in [2.05, 4.69) is 133 Å². The summed E-state index contributed by atoms with van der Waals surface area (Å²) < 4.78 is 0. The molecule has 0 spiro atoms. The summed E-state index contributed by atoms with van der Waals surface area (Å²) in [5.41, 5.74) is 6.16. The number of aromatic hydroxyl groups is 1. The molecular formula is C35H42OP2. The predicted molar refractivity (Wildman–Crippen MR) is 171 cm³/mol. The van der Waals surface area contributed by atoms with E-state index in [4.69, 9.17) is 0 Å². The molecule has 0 heterocycles. The summed E-state index contributed by atoms with van der Waals surface area (Å²) in [5, 5.41) is 15.4. The normalized spacial score (nSPS) is 13.8. The molecule has 0 aliphatic heterocycles. The van der Waals surface area contributed by atoms with E-state index in [1.807, 2.05) is 6.92 Å². The van der Waals surface area contributed by atoms with Gasteiger partial charge in [-0.3, -0.25) is 0 Å². The second kappa shape index (κ2) is 11.7.